The number of aliphatic hydroxyl groups is 1. The Morgan fingerprint density at radius 2 is 0.348 bits per heavy atom. The molecule has 0 saturated carbocycles. The Balaban J connectivity index is 3.13. The van der Waals surface area contributed by atoms with E-state index >= 15 is 0 Å². The number of hydrogen-bond acceptors (Lipinski definition) is 1. The van der Waals surface area contributed by atoms with Crippen LogP contribution in [0.4, 0.5) is 0 Å². The van der Waals surface area contributed by atoms with Crippen molar-refractivity contribution in [3.63, 3.8) is 0 Å². The normalized spacial score (nSPS) is 12.3. The van der Waals surface area contributed by atoms with E-state index in [4.69, 9.17) is 0 Å². The van der Waals surface area contributed by atoms with Crippen molar-refractivity contribution in [3.05, 3.63) is 0 Å². The van der Waals surface area contributed by atoms with E-state index in [-0.39, 0.29) is 6.10 Å². The lowest BCUT2D eigenvalue weighted by atomic mass is 10.0. The van der Waals surface area contributed by atoms with Gasteiger partial charge in [0, 0.05) is 0 Å². The van der Waals surface area contributed by atoms with E-state index < -0.39 is 0 Å². The van der Waals surface area contributed by atoms with E-state index in [1.807, 2.05) is 0 Å². The fourth-order valence-corrected chi connectivity index (χ4v) is 7.41. The quantitative estimate of drug-likeness (QED) is 0.0653. The fourth-order valence-electron chi connectivity index (χ4n) is 7.41. The lowest BCUT2D eigenvalue weighted by Crippen LogP contribution is -2.05. The minimum atomic E-state index is -0.0358. The molecule has 1 atom stereocenters. The molecule has 0 aromatic carbocycles. The van der Waals surface area contributed by atoms with Gasteiger partial charge in [-0.05, 0) is 12.8 Å². The predicted octanol–water partition coefficient (Wildman–Crippen LogP) is 16.8. The van der Waals surface area contributed by atoms with Crippen LogP contribution in [0.25, 0.3) is 0 Å². The third kappa shape index (κ3) is 42.0. The van der Waals surface area contributed by atoms with E-state index in [1.165, 1.54) is 257 Å². The summed E-state index contributed by atoms with van der Waals surface area (Å²) in [5, 5.41) is 10.3. The van der Waals surface area contributed by atoms with Crippen LogP contribution in [0.3, 0.4) is 0 Å². The van der Waals surface area contributed by atoms with Crippen molar-refractivity contribution in [1.29, 1.82) is 0 Å². The van der Waals surface area contributed by atoms with Gasteiger partial charge in [-0.1, -0.05) is 271 Å². The minimum Gasteiger partial charge on any atom is -0.393 e. The second kappa shape index (κ2) is 43.0. The predicted molar refractivity (Wildman–Crippen MR) is 211 cm³/mol. The van der Waals surface area contributed by atoms with E-state index in [1.54, 1.807) is 0 Å². The van der Waals surface area contributed by atoms with Crippen molar-refractivity contribution >= 4 is 0 Å². The van der Waals surface area contributed by atoms with Crippen LogP contribution in [0, 0.1) is 0 Å². The van der Waals surface area contributed by atoms with Gasteiger partial charge in [-0.2, -0.15) is 0 Å². The van der Waals surface area contributed by atoms with E-state index in [0.717, 1.165) is 12.8 Å². The fraction of sp³-hybridized carbons (Fsp3) is 1.00. The average molecular weight is 649 g/mol. The molecule has 1 unspecified atom stereocenters. The smallest absolute Gasteiger partial charge is 0.0540 e. The number of unbranched alkanes of at least 4 members (excludes halogenated alkanes) is 38. The Kier molecular flexibility index (Phi) is 42.9. The van der Waals surface area contributed by atoms with Crippen molar-refractivity contribution in [1.82, 2.24) is 0 Å². The van der Waals surface area contributed by atoms with Gasteiger partial charge >= 0.3 is 0 Å². The summed E-state index contributed by atoms with van der Waals surface area (Å²) >= 11 is 0. The van der Waals surface area contributed by atoms with Gasteiger partial charge in [0.25, 0.3) is 0 Å². The molecule has 0 aliphatic heterocycles. The summed E-state index contributed by atoms with van der Waals surface area (Å²) in [7, 11) is 0. The van der Waals surface area contributed by atoms with E-state index in [2.05, 4.69) is 13.8 Å². The molecule has 1 N–H and O–H groups in total. The van der Waals surface area contributed by atoms with Gasteiger partial charge in [-0.15, -0.1) is 0 Å². The molecule has 0 rings (SSSR count). The molecule has 1 heteroatoms. The zero-order valence-corrected chi connectivity index (χ0v) is 32.7. The summed E-state index contributed by atoms with van der Waals surface area (Å²) in [6, 6.07) is 0. The molecule has 0 spiro atoms. The number of aliphatic hydroxyl groups excluding tert-OH is 1. The Bertz CT molecular complexity index is 501. The molecule has 0 bridgehead atoms. The van der Waals surface area contributed by atoms with Gasteiger partial charge < -0.3 is 5.11 Å². The van der Waals surface area contributed by atoms with Crippen molar-refractivity contribution in [3.8, 4) is 0 Å². The van der Waals surface area contributed by atoms with Crippen molar-refractivity contribution in [2.24, 2.45) is 0 Å². The highest BCUT2D eigenvalue weighted by atomic mass is 16.3. The van der Waals surface area contributed by atoms with Gasteiger partial charge in [0.1, 0.15) is 0 Å². The molecule has 0 radical (unpaired) electrons. The molecular formula is C45H92O. The molecule has 0 aromatic rings. The maximum absolute atomic E-state index is 10.3. The van der Waals surface area contributed by atoms with Crippen LogP contribution in [0.5, 0.6) is 0 Å². The van der Waals surface area contributed by atoms with Crippen LogP contribution in [-0.4, -0.2) is 11.2 Å². The first-order valence-electron chi connectivity index (χ1n) is 22.5. The summed E-state index contributed by atoms with van der Waals surface area (Å²) < 4.78 is 0. The van der Waals surface area contributed by atoms with Crippen LogP contribution >= 0.6 is 0 Å². The zero-order chi connectivity index (χ0) is 33.3. The third-order valence-corrected chi connectivity index (χ3v) is 10.8. The SMILES string of the molecule is CCCCCCCCCCCCCCCCCCCCCCCCCCC(O)CCCCCCCCCCCCCCCCCC. The Morgan fingerprint density at radius 3 is 0.500 bits per heavy atom. The van der Waals surface area contributed by atoms with Crippen LogP contribution in [0.15, 0.2) is 0 Å². The van der Waals surface area contributed by atoms with Crippen LogP contribution in [0.1, 0.15) is 284 Å². The van der Waals surface area contributed by atoms with Crippen LogP contribution in [0.2, 0.25) is 0 Å². The summed E-state index contributed by atoms with van der Waals surface area (Å²) in [5.74, 6) is 0. The molecule has 46 heavy (non-hydrogen) atoms. The molecule has 0 aliphatic carbocycles. The molecule has 1 nitrogen and oxygen atoms in total. The first kappa shape index (κ1) is 46.0. The lowest BCUT2D eigenvalue weighted by molar-refractivity contribution is 0.147. The maximum atomic E-state index is 10.3. The molecule has 0 saturated heterocycles. The highest BCUT2D eigenvalue weighted by Crippen LogP contribution is 2.18. The van der Waals surface area contributed by atoms with Gasteiger partial charge in [0.15, 0.2) is 0 Å². The summed E-state index contributed by atoms with van der Waals surface area (Å²) in [6.45, 7) is 4.61. The molecule has 0 heterocycles. The maximum Gasteiger partial charge on any atom is 0.0540 e. The molecule has 0 fully saturated rings. The Hall–Kier alpha value is -0.0400. The zero-order valence-electron chi connectivity index (χ0n) is 32.7. The largest absolute Gasteiger partial charge is 0.393 e. The van der Waals surface area contributed by atoms with Crippen molar-refractivity contribution < 1.29 is 5.11 Å². The first-order chi connectivity index (χ1) is 22.8. The molecule has 0 amide bonds. The standard InChI is InChI=1S/C45H92O/c1-3-5-7-9-11-13-15-17-19-21-22-23-24-25-26-27-28-30-32-34-36-38-40-42-44-45(46)43-41-39-37-35-33-31-29-20-18-16-14-12-10-8-6-4-2/h45-46H,3-44H2,1-2H3. The second-order valence-electron chi connectivity index (χ2n) is 15.7. The number of hydrogen-bond donors (Lipinski definition) is 1. The third-order valence-electron chi connectivity index (χ3n) is 10.8. The van der Waals surface area contributed by atoms with Crippen LogP contribution < -0.4 is 0 Å². The Morgan fingerprint density at radius 1 is 0.217 bits per heavy atom. The van der Waals surface area contributed by atoms with Crippen LogP contribution in [-0.2, 0) is 0 Å². The van der Waals surface area contributed by atoms with Crippen molar-refractivity contribution in [2.45, 2.75) is 290 Å². The first-order valence-corrected chi connectivity index (χ1v) is 22.5. The van der Waals surface area contributed by atoms with E-state index in [0.29, 0.717) is 0 Å². The topological polar surface area (TPSA) is 20.2 Å². The van der Waals surface area contributed by atoms with E-state index in [9.17, 15) is 5.11 Å². The highest BCUT2D eigenvalue weighted by molar-refractivity contribution is 4.58. The van der Waals surface area contributed by atoms with Gasteiger partial charge in [-0.3, -0.25) is 0 Å². The van der Waals surface area contributed by atoms with Gasteiger partial charge in [0.05, 0.1) is 6.10 Å². The molecule has 278 valence electrons. The van der Waals surface area contributed by atoms with Gasteiger partial charge in [0.2, 0.25) is 0 Å². The second-order valence-corrected chi connectivity index (χ2v) is 15.7. The summed E-state index contributed by atoms with van der Waals surface area (Å²) in [6.07, 6.45) is 59.4. The minimum absolute atomic E-state index is 0.0358. The highest BCUT2D eigenvalue weighted by Gasteiger charge is 2.04. The molecule has 0 aliphatic rings. The molecular weight excluding hydrogens is 556 g/mol. The summed E-state index contributed by atoms with van der Waals surface area (Å²) in [4.78, 5) is 0. The number of rotatable bonds is 42. The Labute approximate surface area is 294 Å². The monoisotopic (exact) mass is 649 g/mol. The summed E-state index contributed by atoms with van der Waals surface area (Å²) in [5.41, 5.74) is 0. The average Bonchev–Trinajstić information content (AvgIpc) is 3.06. The van der Waals surface area contributed by atoms with Crippen molar-refractivity contribution in [2.75, 3.05) is 0 Å². The lowest BCUT2D eigenvalue weighted by Gasteiger charge is -2.10. The molecule has 0 aromatic heterocycles. The van der Waals surface area contributed by atoms with Gasteiger partial charge in [-0.25, -0.2) is 0 Å².